The van der Waals surface area contributed by atoms with E-state index in [1.54, 1.807) is 7.05 Å². The van der Waals surface area contributed by atoms with Crippen LogP contribution in [-0.2, 0) is 11.3 Å². The Morgan fingerprint density at radius 1 is 1.10 bits per heavy atom. The van der Waals surface area contributed by atoms with Gasteiger partial charge in [0.05, 0.1) is 5.41 Å². The predicted molar refractivity (Wildman–Crippen MR) is 118 cm³/mol. The van der Waals surface area contributed by atoms with Crippen molar-refractivity contribution in [1.29, 1.82) is 0 Å². The predicted octanol–water partition coefficient (Wildman–Crippen LogP) is 3.06. The van der Waals surface area contributed by atoms with Gasteiger partial charge in [-0.15, -0.1) is 0 Å². The van der Waals surface area contributed by atoms with E-state index in [2.05, 4.69) is 45.9 Å². The average molecular weight is 406 g/mol. The topological polar surface area (TPSA) is 61.4 Å². The molecule has 1 aliphatic carbocycles. The number of aryl methyl sites for hydroxylation is 2. The Bertz CT molecular complexity index is 922. The Hall–Kier alpha value is -2.66. The lowest BCUT2D eigenvalue weighted by Crippen LogP contribution is -2.44. The van der Waals surface area contributed by atoms with E-state index in [1.807, 2.05) is 32.0 Å². The third-order valence-corrected chi connectivity index (χ3v) is 6.69. The Kier molecular flexibility index (Phi) is 5.65. The number of rotatable bonds is 5. The summed E-state index contributed by atoms with van der Waals surface area (Å²) in [7, 11) is 1.72. The zero-order valence-electron chi connectivity index (χ0n) is 18.1. The van der Waals surface area contributed by atoms with E-state index in [0.29, 0.717) is 12.0 Å². The number of amides is 2. The second kappa shape index (κ2) is 8.23. The van der Waals surface area contributed by atoms with Crippen molar-refractivity contribution < 1.29 is 9.59 Å². The summed E-state index contributed by atoms with van der Waals surface area (Å²) < 4.78 is 0. The minimum absolute atomic E-state index is 0.0273. The fourth-order valence-corrected chi connectivity index (χ4v) is 5.52. The van der Waals surface area contributed by atoms with Gasteiger partial charge in [0.15, 0.2) is 0 Å². The first-order valence-electron chi connectivity index (χ1n) is 10.8. The molecule has 30 heavy (non-hydrogen) atoms. The summed E-state index contributed by atoms with van der Waals surface area (Å²) in [6.45, 7) is 6.49. The number of likely N-dealkylation sites (tertiary alicyclic amines) is 1. The molecule has 158 valence electrons. The molecule has 2 aromatic rings. The van der Waals surface area contributed by atoms with Gasteiger partial charge < -0.3 is 10.6 Å². The summed E-state index contributed by atoms with van der Waals surface area (Å²) in [5.41, 5.74) is 3.71. The van der Waals surface area contributed by atoms with Crippen molar-refractivity contribution in [3.05, 3.63) is 70.8 Å². The van der Waals surface area contributed by atoms with Crippen molar-refractivity contribution in [2.45, 2.75) is 39.3 Å². The molecule has 2 aromatic carbocycles. The summed E-state index contributed by atoms with van der Waals surface area (Å²) in [5, 5.41) is 6.10. The standard InChI is InChI=1S/C25H31N3O2/c1-17-9-18(2)11-20(10-17)23(29)27-22-12-21-15-28(14-19-7-5-4-6-8-19)16-25(21,13-22)24(30)26-3/h4-11,21-22H,12-16H2,1-3H3,(H,26,30)(H,27,29)/t21-,22-,25-/m0/s1. The molecule has 2 N–H and O–H groups in total. The highest BCUT2D eigenvalue weighted by molar-refractivity contribution is 5.95. The molecule has 2 amide bonds. The maximum atomic E-state index is 13.0. The van der Waals surface area contributed by atoms with Crippen molar-refractivity contribution in [1.82, 2.24) is 15.5 Å². The fourth-order valence-electron chi connectivity index (χ4n) is 5.52. The highest BCUT2D eigenvalue weighted by atomic mass is 16.2. The van der Waals surface area contributed by atoms with Crippen molar-refractivity contribution >= 4 is 11.8 Å². The number of benzene rings is 2. The number of nitrogens with one attached hydrogen (secondary N) is 2. The molecule has 0 spiro atoms. The quantitative estimate of drug-likeness (QED) is 0.804. The highest BCUT2D eigenvalue weighted by Gasteiger charge is 2.57. The Balaban J connectivity index is 1.46. The Morgan fingerprint density at radius 3 is 2.47 bits per heavy atom. The van der Waals surface area contributed by atoms with Crippen LogP contribution in [0.3, 0.4) is 0 Å². The maximum absolute atomic E-state index is 13.0. The average Bonchev–Trinajstić information content (AvgIpc) is 3.21. The zero-order valence-corrected chi connectivity index (χ0v) is 18.1. The molecule has 1 heterocycles. The van der Waals surface area contributed by atoms with Crippen LogP contribution in [0.1, 0.15) is 39.9 Å². The van der Waals surface area contributed by atoms with E-state index in [1.165, 1.54) is 5.56 Å². The molecule has 2 aliphatic rings. The van der Waals surface area contributed by atoms with Crippen molar-refractivity contribution in [3.63, 3.8) is 0 Å². The normalized spacial score (nSPS) is 25.7. The Labute approximate surface area is 178 Å². The molecule has 5 nitrogen and oxygen atoms in total. The van der Waals surface area contributed by atoms with Crippen LogP contribution in [0.25, 0.3) is 0 Å². The summed E-state index contributed by atoms with van der Waals surface area (Å²) in [6, 6.07) is 16.3. The van der Waals surface area contributed by atoms with Gasteiger partial charge in [0.1, 0.15) is 0 Å². The second-order valence-corrected chi connectivity index (χ2v) is 9.07. The van der Waals surface area contributed by atoms with Crippen molar-refractivity contribution in [2.24, 2.45) is 11.3 Å². The number of hydrogen-bond acceptors (Lipinski definition) is 3. The first kappa shape index (κ1) is 20.6. The lowest BCUT2D eigenvalue weighted by Gasteiger charge is -2.27. The van der Waals surface area contributed by atoms with Crippen LogP contribution in [0, 0.1) is 25.2 Å². The molecule has 0 radical (unpaired) electrons. The first-order valence-corrected chi connectivity index (χ1v) is 10.8. The lowest BCUT2D eigenvalue weighted by molar-refractivity contribution is -0.131. The Morgan fingerprint density at radius 2 is 1.80 bits per heavy atom. The minimum Gasteiger partial charge on any atom is -0.359 e. The van der Waals surface area contributed by atoms with Gasteiger partial charge in [-0.05, 0) is 50.3 Å². The molecule has 0 aromatic heterocycles. The lowest BCUT2D eigenvalue weighted by atomic mass is 9.80. The maximum Gasteiger partial charge on any atom is 0.251 e. The number of nitrogens with zero attached hydrogens (tertiary/aromatic N) is 1. The molecular formula is C25H31N3O2. The molecule has 4 rings (SSSR count). The third kappa shape index (κ3) is 3.99. The number of carbonyl (C=O) groups excluding carboxylic acids is 2. The van der Waals surface area contributed by atoms with Gasteiger partial charge in [-0.2, -0.15) is 0 Å². The van der Waals surface area contributed by atoms with Crippen LogP contribution in [0.5, 0.6) is 0 Å². The van der Waals surface area contributed by atoms with Crippen LogP contribution in [0.4, 0.5) is 0 Å². The number of fused-ring (bicyclic) bond motifs is 1. The molecular weight excluding hydrogens is 374 g/mol. The van der Waals surface area contributed by atoms with Crippen molar-refractivity contribution in [3.8, 4) is 0 Å². The fraction of sp³-hybridized carbons (Fsp3) is 0.440. The van der Waals surface area contributed by atoms with Gasteiger partial charge in [0.25, 0.3) is 5.91 Å². The molecule has 1 saturated carbocycles. The minimum atomic E-state index is -0.427. The largest absolute Gasteiger partial charge is 0.359 e. The zero-order chi connectivity index (χ0) is 21.3. The molecule has 3 atom stereocenters. The van der Waals surface area contributed by atoms with Gasteiger partial charge >= 0.3 is 0 Å². The van der Waals surface area contributed by atoms with Crippen molar-refractivity contribution in [2.75, 3.05) is 20.1 Å². The van der Waals surface area contributed by atoms with Gasteiger partial charge in [-0.25, -0.2) is 0 Å². The van der Waals surface area contributed by atoms with E-state index in [9.17, 15) is 9.59 Å². The van der Waals surface area contributed by atoms with Crippen LogP contribution in [-0.4, -0.2) is 42.9 Å². The van der Waals surface area contributed by atoms with Crippen LogP contribution in [0.2, 0.25) is 0 Å². The first-order chi connectivity index (χ1) is 14.4. The van der Waals surface area contributed by atoms with Gasteiger partial charge in [-0.3, -0.25) is 14.5 Å². The smallest absolute Gasteiger partial charge is 0.251 e. The van der Waals surface area contributed by atoms with Gasteiger partial charge in [-0.1, -0.05) is 47.5 Å². The summed E-state index contributed by atoms with van der Waals surface area (Å²) in [4.78, 5) is 28.2. The van der Waals surface area contributed by atoms with Gasteiger partial charge in [0.2, 0.25) is 5.91 Å². The molecule has 1 saturated heterocycles. The monoisotopic (exact) mass is 405 g/mol. The molecule has 0 unspecified atom stereocenters. The summed E-state index contributed by atoms with van der Waals surface area (Å²) >= 11 is 0. The summed E-state index contributed by atoms with van der Waals surface area (Å²) in [6.07, 6.45) is 1.54. The second-order valence-electron chi connectivity index (χ2n) is 9.07. The van der Waals surface area contributed by atoms with E-state index in [0.717, 1.165) is 37.2 Å². The molecule has 0 bridgehead atoms. The van der Waals surface area contributed by atoms with Crippen LogP contribution in [0.15, 0.2) is 48.5 Å². The number of carbonyl (C=O) groups is 2. The molecule has 2 fully saturated rings. The summed E-state index contributed by atoms with van der Waals surface area (Å²) in [5.74, 6) is 0.317. The van der Waals surface area contributed by atoms with E-state index in [4.69, 9.17) is 0 Å². The van der Waals surface area contributed by atoms with E-state index < -0.39 is 5.41 Å². The number of hydrogen-bond donors (Lipinski definition) is 2. The molecule has 5 heteroatoms. The third-order valence-electron chi connectivity index (χ3n) is 6.69. The highest BCUT2D eigenvalue weighted by Crippen LogP contribution is 2.49. The van der Waals surface area contributed by atoms with E-state index in [-0.39, 0.29) is 23.8 Å². The van der Waals surface area contributed by atoms with E-state index >= 15 is 0 Å². The SMILES string of the molecule is CNC(=O)[C@]12C[C@@H](NC(=O)c3cc(C)cc(C)c3)C[C@H]1CN(Cc1ccccc1)C2. The van der Waals surface area contributed by atoms with Crippen LogP contribution < -0.4 is 10.6 Å². The van der Waals surface area contributed by atoms with Gasteiger partial charge in [0, 0.05) is 38.3 Å². The molecule has 1 aliphatic heterocycles. The van der Waals surface area contributed by atoms with Crippen LogP contribution >= 0.6 is 0 Å².